The van der Waals surface area contributed by atoms with Crippen LogP contribution in [0.3, 0.4) is 0 Å². The van der Waals surface area contributed by atoms with Crippen molar-refractivity contribution in [1.29, 1.82) is 5.26 Å². The van der Waals surface area contributed by atoms with Crippen molar-refractivity contribution in [3.8, 4) is 6.07 Å². The number of fused-ring (bicyclic) bond motifs is 1. The van der Waals surface area contributed by atoms with E-state index in [2.05, 4.69) is 10.8 Å². The fourth-order valence-corrected chi connectivity index (χ4v) is 2.67. The van der Waals surface area contributed by atoms with Gasteiger partial charge in [0, 0.05) is 0 Å². The van der Waals surface area contributed by atoms with Gasteiger partial charge in [-0.3, -0.25) is 0 Å². The SMILES string of the molecule is COC(=O)c1cc2ccc(C)c(C#N)c2s1. The molecule has 0 spiro atoms. The number of hydrogen-bond acceptors (Lipinski definition) is 4. The van der Waals surface area contributed by atoms with Gasteiger partial charge in [0.2, 0.25) is 0 Å². The molecule has 0 aliphatic heterocycles. The van der Waals surface area contributed by atoms with E-state index < -0.39 is 0 Å². The molecule has 80 valence electrons. The third-order valence-electron chi connectivity index (χ3n) is 2.39. The molecule has 1 aromatic heterocycles. The highest BCUT2D eigenvalue weighted by Crippen LogP contribution is 2.30. The van der Waals surface area contributed by atoms with E-state index in [1.807, 2.05) is 19.1 Å². The first-order valence-corrected chi connectivity index (χ1v) is 5.50. The first kappa shape index (κ1) is 10.7. The Kier molecular flexibility index (Phi) is 2.63. The lowest BCUT2D eigenvalue weighted by molar-refractivity contribution is 0.0606. The molecule has 0 N–H and O–H groups in total. The topological polar surface area (TPSA) is 50.1 Å². The van der Waals surface area contributed by atoms with Crippen molar-refractivity contribution < 1.29 is 9.53 Å². The molecule has 0 saturated carbocycles. The lowest BCUT2D eigenvalue weighted by Gasteiger charge is -1.96. The van der Waals surface area contributed by atoms with E-state index in [4.69, 9.17) is 5.26 Å². The van der Waals surface area contributed by atoms with Crippen molar-refractivity contribution >= 4 is 27.4 Å². The number of carbonyl (C=O) groups is 1. The average molecular weight is 231 g/mol. The second-order valence-electron chi connectivity index (χ2n) is 3.39. The molecule has 0 fully saturated rings. The van der Waals surface area contributed by atoms with Crippen LogP contribution in [0.5, 0.6) is 0 Å². The van der Waals surface area contributed by atoms with E-state index in [9.17, 15) is 4.79 Å². The Labute approximate surface area is 96.9 Å². The lowest BCUT2D eigenvalue weighted by atomic mass is 10.1. The number of rotatable bonds is 1. The number of methoxy groups -OCH3 is 1. The second-order valence-corrected chi connectivity index (χ2v) is 4.44. The molecule has 0 amide bonds. The van der Waals surface area contributed by atoms with Crippen LogP contribution in [0.15, 0.2) is 18.2 Å². The smallest absolute Gasteiger partial charge is 0.348 e. The van der Waals surface area contributed by atoms with E-state index >= 15 is 0 Å². The Morgan fingerprint density at radius 3 is 2.88 bits per heavy atom. The summed E-state index contributed by atoms with van der Waals surface area (Å²) in [5, 5.41) is 9.97. The molecular formula is C12H9NO2S. The van der Waals surface area contributed by atoms with Gasteiger partial charge in [0.05, 0.1) is 17.4 Å². The standard InChI is InChI=1S/C12H9NO2S/c1-7-3-4-8-5-10(12(14)15-2)16-11(8)9(7)6-13/h3-5H,1-2H3. The van der Waals surface area contributed by atoms with Crippen molar-refractivity contribution in [2.24, 2.45) is 0 Å². The fourth-order valence-electron chi connectivity index (χ4n) is 1.54. The van der Waals surface area contributed by atoms with Gasteiger partial charge in [-0.25, -0.2) is 4.79 Å². The molecule has 0 radical (unpaired) electrons. The van der Waals surface area contributed by atoms with Crippen molar-refractivity contribution in [2.45, 2.75) is 6.92 Å². The summed E-state index contributed by atoms with van der Waals surface area (Å²) in [5.74, 6) is -0.359. The Morgan fingerprint density at radius 2 is 2.25 bits per heavy atom. The molecule has 0 atom stereocenters. The summed E-state index contributed by atoms with van der Waals surface area (Å²) in [6.07, 6.45) is 0. The third kappa shape index (κ3) is 1.55. The number of aryl methyl sites for hydroxylation is 1. The molecule has 2 rings (SSSR count). The van der Waals surface area contributed by atoms with Crippen LogP contribution in [0, 0.1) is 18.3 Å². The maximum atomic E-state index is 11.4. The first-order valence-electron chi connectivity index (χ1n) is 4.69. The molecular weight excluding hydrogens is 222 g/mol. The van der Waals surface area contributed by atoms with E-state index in [-0.39, 0.29) is 5.97 Å². The maximum Gasteiger partial charge on any atom is 0.348 e. The largest absolute Gasteiger partial charge is 0.465 e. The normalized spacial score (nSPS) is 10.1. The zero-order valence-electron chi connectivity index (χ0n) is 8.90. The molecule has 3 nitrogen and oxygen atoms in total. The summed E-state index contributed by atoms with van der Waals surface area (Å²) in [6, 6.07) is 7.72. The monoisotopic (exact) mass is 231 g/mol. The van der Waals surface area contributed by atoms with Gasteiger partial charge in [-0.1, -0.05) is 12.1 Å². The van der Waals surface area contributed by atoms with Gasteiger partial charge in [0.1, 0.15) is 10.9 Å². The molecule has 1 aromatic carbocycles. The van der Waals surface area contributed by atoms with Crippen LogP contribution in [-0.2, 0) is 4.74 Å². The summed E-state index contributed by atoms with van der Waals surface area (Å²) in [6.45, 7) is 1.88. The van der Waals surface area contributed by atoms with Crippen LogP contribution in [-0.4, -0.2) is 13.1 Å². The molecule has 16 heavy (non-hydrogen) atoms. The van der Waals surface area contributed by atoms with Crippen molar-refractivity contribution in [3.05, 3.63) is 34.2 Å². The minimum absolute atomic E-state index is 0.359. The molecule has 4 heteroatoms. The predicted octanol–water partition coefficient (Wildman–Crippen LogP) is 2.87. The molecule has 0 unspecified atom stereocenters. The quantitative estimate of drug-likeness (QED) is 0.709. The molecule has 1 heterocycles. The van der Waals surface area contributed by atoms with Crippen LogP contribution in [0.4, 0.5) is 0 Å². The van der Waals surface area contributed by atoms with Crippen molar-refractivity contribution in [2.75, 3.05) is 7.11 Å². The van der Waals surface area contributed by atoms with Gasteiger partial charge < -0.3 is 4.74 Å². The Morgan fingerprint density at radius 1 is 1.50 bits per heavy atom. The number of benzene rings is 1. The number of nitrogens with zero attached hydrogens (tertiary/aromatic N) is 1. The molecule has 0 saturated heterocycles. The Hall–Kier alpha value is -1.86. The van der Waals surface area contributed by atoms with E-state index in [1.165, 1.54) is 18.4 Å². The molecule has 0 bridgehead atoms. The summed E-state index contributed by atoms with van der Waals surface area (Å²) in [4.78, 5) is 11.9. The van der Waals surface area contributed by atoms with Crippen LogP contribution in [0.2, 0.25) is 0 Å². The maximum absolute atomic E-state index is 11.4. The summed E-state index contributed by atoms with van der Waals surface area (Å²) in [5.41, 5.74) is 1.56. The van der Waals surface area contributed by atoms with Crippen LogP contribution in [0.1, 0.15) is 20.8 Å². The zero-order valence-corrected chi connectivity index (χ0v) is 9.72. The summed E-state index contributed by atoms with van der Waals surface area (Å²) in [7, 11) is 1.35. The van der Waals surface area contributed by atoms with E-state index in [0.29, 0.717) is 10.4 Å². The number of hydrogen-bond donors (Lipinski definition) is 0. The highest BCUT2D eigenvalue weighted by atomic mass is 32.1. The van der Waals surface area contributed by atoms with Gasteiger partial charge >= 0.3 is 5.97 Å². The number of nitriles is 1. The van der Waals surface area contributed by atoms with Crippen molar-refractivity contribution in [3.63, 3.8) is 0 Å². The zero-order chi connectivity index (χ0) is 11.7. The highest BCUT2D eigenvalue weighted by Gasteiger charge is 2.13. The summed E-state index contributed by atoms with van der Waals surface area (Å²) < 4.78 is 5.51. The second kappa shape index (κ2) is 3.95. The minimum atomic E-state index is -0.359. The fraction of sp³-hybridized carbons (Fsp3) is 0.167. The summed E-state index contributed by atoms with van der Waals surface area (Å²) >= 11 is 1.30. The number of carbonyl (C=O) groups excluding carboxylic acids is 1. The number of esters is 1. The molecule has 0 aliphatic carbocycles. The number of ether oxygens (including phenoxy) is 1. The highest BCUT2D eigenvalue weighted by molar-refractivity contribution is 7.21. The van der Waals surface area contributed by atoms with Crippen LogP contribution >= 0.6 is 11.3 Å². The molecule has 0 aliphatic rings. The van der Waals surface area contributed by atoms with Gasteiger partial charge in [-0.15, -0.1) is 11.3 Å². The van der Waals surface area contributed by atoms with Gasteiger partial charge in [0.15, 0.2) is 0 Å². The van der Waals surface area contributed by atoms with E-state index in [1.54, 1.807) is 6.07 Å². The third-order valence-corrected chi connectivity index (χ3v) is 3.54. The van der Waals surface area contributed by atoms with E-state index in [0.717, 1.165) is 15.6 Å². The van der Waals surface area contributed by atoms with Gasteiger partial charge in [-0.2, -0.15) is 5.26 Å². The predicted molar refractivity (Wildman–Crippen MR) is 62.6 cm³/mol. The first-order chi connectivity index (χ1) is 7.67. The Bertz CT molecular complexity index is 607. The van der Waals surface area contributed by atoms with Crippen molar-refractivity contribution in [1.82, 2.24) is 0 Å². The molecule has 2 aromatic rings. The minimum Gasteiger partial charge on any atom is -0.465 e. The average Bonchev–Trinajstić information content (AvgIpc) is 2.71. The Balaban J connectivity index is 2.72. The lowest BCUT2D eigenvalue weighted by Crippen LogP contribution is -1.96. The van der Waals surface area contributed by atoms with Crippen LogP contribution < -0.4 is 0 Å². The van der Waals surface area contributed by atoms with Crippen LogP contribution in [0.25, 0.3) is 10.1 Å². The number of thiophene rings is 1. The van der Waals surface area contributed by atoms with Gasteiger partial charge in [-0.05, 0) is 23.9 Å². The van der Waals surface area contributed by atoms with Gasteiger partial charge in [0.25, 0.3) is 0 Å².